The van der Waals surface area contributed by atoms with Gasteiger partial charge in [0, 0.05) is 0 Å². The molecule has 0 aliphatic carbocycles. The molecule has 1 atom stereocenters. The van der Waals surface area contributed by atoms with Gasteiger partial charge in [0.25, 0.3) is 0 Å². The molecule has 1 amide bonds. The van der Waals surface area contributed by atoms with Gasteiger partial charge in [0.05, 0.1) is 21.8 Å². The largest absolute Gasteiger partial charge is 0.322 e. The quantitative estimate of drug-likeness (QED) is 0.899. The fraction of sp³-hybridized carbons (Fsp3) is 0.188. The summed E-state index contributed by atoms with van der Waals surface area (Å²) < 4.78 is 0. The van der Waals surface area contributed by atoms with Crippen LogP contribution < -0.4 is 11.1 Å². The van der Waals surface area contributed by atoms with Crippen LogP contribution in [0.3, 0.4) is 0 Å². The van der Waals surface area contributed by atoms with Crippen molar-refractivity contribution in [3.05, 3.63) is 63.6 Å². The number of hydrogen-bond acceptors (Lipinski definition) is 2. The molecule has 0 heterocycles. The van der Waals surface area contributed by atoms with Crippen molar-refractivity contribution in [3.8, 4) is 0 Å². The minimum absolute atomic E-state index is 0.312. The topological polar surface area (TPSA) is 55.1 Å². The highest BCUT2D eigenvalue weighted by atomic mass is 35.5. The zero-order chi connectivity index (χ0) is 15.4. The van der Waals surface area contributed by atoms with E-state index in [1.807, 2.05) is 37.3 Å². The van der Waals surface area contributed by atoms with Crippen LogP contribution >= 0.6 is 23.2 Å². The van der Waals surface area contributed by atoms with E-state index in [0.29, 0.717) is 22.2 Å². The Bertz CT molecular complexity index is 644. The molecule has 3 nitrogen and oxygen atoms in total. The molecule has 21 heavy (non-hydrogen) atoms. The van der Waals surface area contributed by atoms with Crippen molar-refractivity contribution in [2.24, 2.45) is 5.73 Å². The third kappa shape index (κ3) is 3.97. The molecule has 0 saturated heterocycles. The molecule has 3 N–H and O–H groups in total. The summed E-state index contributed by atoms with van der Waals surface area (Å²) in [6.07, 6.45) is 0.452. The molecule has 5 heteroatoms. The highest BCUT2D eigenvalue weighted by Gasteiger charge is 2.17. The Morgan fingerprint density at radius 1 is 1.19 bits per heavy atom. The summed E-state index contributed by atoms with van der Waals surface area (Å²) in [5.74, 6) is -0.312. The Kier molecular flexibility index (Phi) is 5.23. The number of rotatable bonds is 4. The molecule has 0 radical (unpaired) electrons. The van der Waals surface area contributed by atoms with Crippen LogP contribution in [0.4, 0.5) is 5.69 Å². The number of carbonyl (C=O) groups is 1. The molecule has 0 spiro atoms. The second-order valence-corrected chi connectivity index (χ2v) is 5.62. The van der Waals surface area contributed by atoms with Gasteiger partial charge in [-0.1, -0.05) is 59.6 Å². The molecule has 0 bridgehead atoms. The van der Waals surface area contributed by atoms with Gasteiger partial charge in [0.2, 0.25) is 5.91 Å². The average Bonchev–Trinajstić information content (AvgIpc) is 2.48. The molecule has 0 saturated carbocycles. The molecule has 2 rings (SSSR count). The number of halogens is 2. The lowest BCUT2D eigenvalue weighted by atomic mass is 10.1. The van der Waals surface area contributed by atoms with E-state index < -0.39 is 6.04 Å². The average molecular weight is 323 g/mol. The van der Waals surface area contributed by atoms with Crippen molar-refractivity contribution < 1.29 is 4.79 Å². The fourth-order valence-corrected chi connectivity index (χ4v) is 2.41. The monoisotopic (exact) mass is 322 g/mol. The lowest BCUT2D eigenvalue weighted by Gasteiger charge is -2.15. The Balaban J connectivity index is 2.10. The van der Waals surface area contributed by atoms with E-state index in [1.54, 1.807) is 12.1 Å². The standard InChI is InChI=1S/C16H16Cl2N2O/c1-10-7-8-12(17)15(14(10)18)20-16(21)13(19)9-11-5-3-2-4-6-11/h2-8,13H,9,19H2,1H3,(H,20,21)/t13-/m0/s1. The summed E-state index contributed by atoms with van der Waals surface area (Å²) in [6.45, 7) is 1.85. The van der Waals surface area contributed by atoms with Gasteiger partial charge < -0.3 is 11.1 Å². The highest BCUT2D eigenvalue weighted by Crippen LogP contribution is 2.32. The maximum Gasteiger partial charge on any atom is 0.241 e. The van der Waals surface area contributed by atoms with Crippen LogP contribution in [0.2, 0.25) is 10.0 Å². The van der Waals surface area contributed by atoms with E-state index in [2.05, 4.69) is 5.32 Å². The van der Waals surface area contributed by atoms with E-state index in [9.17, 15) is 4.79 Å². The van der Waals surface area contributed by atoms with Crippen LogP contribution in [-0.2, 0) is 11.2 Å². The molecule has 0 aromatic heterocycles. The summed E-state index contributed by atoms with van der Waals surface area (Å²) in [4.78, 5) is 12.2. The maximum atomic E-state index is 12.2. The molecule has 0 unspecified atom stereocenters. The summed E-state index contributed by atoms with van der Waals surface area (Å²) in [5, 5.41) is 3.54. The molecule has 0 aliphatic rings. The minimum Gasteiger partial charge on any atom is -0.322 e. The van der Waals surface area contributed by atoms with Gasteiger partial charge in [0.1, 0.15) is 0 Å². The first-order valence-electron chi connectivity index (χ1n) is 6.54. The Labute approximate surface area is 134 Å². The van der Waals surface area contributed by atoms with Gasteiger partial charge in [0.15, 0.2) is 0 Å². The summed E-state index contributed by atoms with van der Waals surface area (Å²) in [5.41, 5.74) is 8.19. The van der Waals surface area contributed by atoms with Crippen LogP contribution in [-0.4, -0.2) is 11.9 Å². The smallest absolute Gasteiger partial charge is 0.241 e. The third-order valence-corrected chi connectivity index (χ3v) is 3.97. The number of amides is 1. The van der Waals surface area contributed by atoms with Crippen molar-refractivity contribution in [2.45, 2.75) is 19.4 Å². The number of carbonyl (C=O) groups excluding carboxylic acids is 1. The van der Waals surface area contributed by atoms with Gasteiger partial charge >= 0.3 is 0 Å². The lowest BCUT2D eigenvalue weighted by Crippen LogP contribution is -2.37. The van der Waals surface area contributed by atoms with Crippen molar-refractivity contribution in [1.82, 2.24) is 0 Å². The van der Waals surface area contributed by atoms with Gasteiger partial charge in [-0.3, -0.25) is 4.79 Å². The summed E-state index contributed by atoms with van der Waals surface area (Å²) >= 11 is 12.2. The maximum absolute atomic E-state index is 12.2. The Morgan fingerprint density at radius 3 is 2.52 bits per heavy atom. The second-order valence-electron chi connectivity index (χ2n) is 4.84. The molecule has 0 fully saturated rings. The molecular weight excluding hydrogens is 307 g/mol. The first-order valence-corrected chi connectivity index (χ1v) is 7.29. The molecule has 2 aromatic carbocycles. The van der Waals surface area contributed by atoms with Gasteiger partial charge in [-0.05, 0) is 30.5 Å². The highest BCUT2D eigenvalue weighted by molar-refractivity contribution is 6.40. The van der Waals surface area contributed by atoms with E-state index in [0.717, 1.165) is 11.1 Å². The molecule has 110 valence electrons. The van der Waals surface area contributed by atoms with Crippen LogP contribution in [0.1, 0.15) is 11.1 Å². The first kappa shape index (κ1) is 15.8. The van der Waals surface area contributed by atoms with E-state index in [1.165, 1.54) is 0 Å². The zero-order valence-electron chi connectivity index (χ0n) is 11.6. The number of benzene rings is 2. The SMILES string of the molecule is Cc1ccc(Cl)c(NC(=O)[C@@H](N)Cc2ccccc2)c1Cl. The number of hydrogen-bond donors (Lipinski definition) is 2. The minimum atomic E-state index is -0.667. The zero-order valence-corrected chi connectivity index (χ0v) is 13.1. The predicted octanol–water partition coefficient (Wildman–Crippen LogP) is 3.81. The van der Waals surface area contributed by atoms with E-state index in [-0.39, 0.29) is 5.91 Å². The Morgan fingerprint density at radius 2 is 1.86 bits per heavy atom. The van der Waals surface area contributed by atoms with Crippen LogP contribution in [0.25, 0.3) is 0 Å². The fourth-order valence-electron chi connectivity index (χ4n) is 1.95. The number of aryl methyl sites for hydroxylation is 1. The summed E-state index contributed by atoms with van der Waals surface area (Å²) in [7, 11) is 0. The first-order chi connectivity index (χ1) is 9.99. The predicted molar refractivity (Wildman–Crippen MR) is 88.0 cm³/mol. The Hall–Kier alpha value is -1.55. The van der Waals surface area contributed by atoms with Gasteiger partial charge in [-0.25, -0.2) is 0 Å². The third-order valence-electron chi connectivity index (χ3n) is 3.17. The number of anilines is 1. The lowest BCUT2D eigenvalue weighted by molar-refractivity contribution is -0.117. The van der Waals surface area contributed by atoms with E-state index >= 15 is 0 Å². The van der Waals surface area contributed by atoms with E-state index in [4.69, 9.17) is 28.9 Å². The molecular formula is C16H16Cl2N2O. The van der Waals surface area contributed by atoms with Crippen molar-refractivity contribution in [2.75, 3.05) is 5.32 Å². The summed E-state index contributed by atoms with van der Waals surface area (Å²) in [6, 6.07) is 12.4. The van der Waals surface area contributed by atoms with Gasteiger partial charge in [-0.15, -0.1) is 0 Å². The molecule has 0 aliphatic heterocycles. The van der Waals surface area contributed by atoms with Crippen LogP contribution in [0, 0.1) is 6.92 Å². The normalized spacial score (nSPS) is 12.0. The van der Waals surface area contributed by atoms with Crippen molar-refractivity contribution in [1.29, 1.82) is 0 Å². The van der Waals surface area contributed by atoms with Crippen LogP contribution in [0.5, 0.6) is 0 Å². The number of nitrogens with two attached hydrogens (primary N) is 1. The van der Waals surface area contributed by atoms with Crippen molar-refractivity contribution in [3.63, 3.8) is 0 Å². The molecule has 2 aromatic rings. The van der Waals surface area contributed by atoms with Crippen molar-refractivity contribution >= 4 is 34.8 Å². The number of nitrogens with one attached hydrogen (secondary N) is 1. The second kappa shape index (κ2) is 6.94. The van der Waals surface area contributed by atoms with Gasteiger partial charge in [-0.2, -0.15) is 0 Å². The van der Waals surface area contributed by atoms with Crippen LogP contribution in [0.15, 0.2) is 42.5 Å².